The molecule has 158 valence electrons. The number of nitrogens with zero attached hydrogens (tertiary/aromatic N) is 3. The van der Waals surface area contributed by atoms with Crippen LogP contribution in [0, 0.1) is 0 Å². The second kappa shape index (κ2) is 9.31. The average Bonchev–Trinajstić information content (AvgIpc) is 2.98. The number of carbonyl (C=O) groups is 2. The molecule has 2 heterocycles. The highest BCUT2D eigenvalue weighted by atomic mass is 16.5. The third-order valence-electron chi connectivity index (χ3n) is 5.62. The Bertz CT molecular complexity index is 797. The van der Waals surface area contributed by atoms with Gasteiger partial charge in [-0.15, -0.1) is 0 Å². The molecule has 29 heavy (non-hydrogen) atoms. The van der Waals surface area contributed by atoms with Gasteiger partial charge in [-0.3, -0.25) is 14.5 Å². The van der Waals surface area contributed by atoms with E-state index in [4.69, 9.17) is 9.47 Å². The summed E-state index contributed by atoms with van der Waals surface area (Å²) in [6, 6.07) is 5.39. The van der Waals surface area contributed by atoms with Crippen molar-refractivity contribution >= 4 is 17.4 Å². The molecule has 0 aliphatic carbocycles. The molecule has 2 aliphatic heterocycles. The van der Waals surface area contributed by atoms with Crippen molar-refractivity contribution in [3.05, 3.63) is 29.5 Å². The van der Waals surface area contributed by atoms with E-state index < -0.39 is 0 Å². The molecule has 0 spiro atoms. The minimum atomic E-state index is -0.216. The van der Waals surface area contributed by atoms with E-state index in [1.807, 2.05) is 6.07 Å². The summed E-state index contributed by atoms with van der Waals surface area (Å²) in [6.45, 7) is 5.74. The summed E-state index contributed by atoms with van der Waals surface area (Å²) in [5, 5.41) is 0. The average molecular weight is 402 g/mol. The number of imide groups is 1. The molecule has 0 aromatic heterocycles. The molecule has 0 atom stereocenters. The number of carbonyl (C=O) groups excluding carboxylic acids is 2. The summed E-state index contributed by atoms with van der Waals surface area (Å²) in [5.74, 6) is 0.738. The minimum Gasteiger partial charge on any atom is -0.493 e. The highest BCUT2D eigenvalue weighted by Gasteiger charge is 2.41. The molecule has 1 aromatic rings. The van der Waals surface area contributed by atoms with E-state index in [0.717, 1.165) is 45.4 Å². The zero-order chi connectivity index (χ0) is 21.0. The lowest BCUT2D eigenvalue weighted by atomic mass is 10.0. The number of likely N-dealkylation sites (N-methyl/N-ethyl adjacent to an activating group) is 1. The first-order valence-electron chi connectivity index (χ1n) is 10.3. The van der Waals surface area contributed by atoms with Crippen molar-refractivity contribution in [2.24, 2.45) is 0 Å². The van der Waals surface area contributed by atoms with Crippen molar-refractivity contribution in [2.45, 2.75) is 26.2 Å². The van der Waals surface area contributed by atoms with Crippen molar-refractivity contribution in [2.75, 3.05) is 54.0 Å². The topological polar surface area (TPSA) is 62.3 Å². The number of unbranched alkanes of at least 4 members (excludes halogenated alkanes) is 2. The summed E-state index contributed by atoms with van der Waals surface area (Å²) in [7, 11) is 5.21. The van der Waals surface area contributed by atoms with E-state index in [0.29, 0.717) is 34.9 Å². The molecule has 0 N–H and O–H groups in total. The Labute approximate surface area is 172 Å². The lowest BCUT2D eigenvalue weighted by Crippen LogP contribution is -2.46. The fourth-order valence-corrected chi connectivity index (χ4v) is 3.86. The van der Waals surface area contributed by atoms with Crippen LogP contribution >= 0.6 is 0 Å². The van der Waals surface area contributed by atoms with Crippen molar-refractivity contribution in [3.8, 4) is 11.5 Å². The minimum absolute atomic E-state index is 0.180. The van der Waals surface area contributed by atoms with Crippen LogP contribution in [0.25, 0.3) is 5.57 Å². The van der Waals surface area contributed by atoms with Crippen LogP contribution in [0.15, 0.2) is 23.9 Å². The maximum Gasteiger partial charge on any atom is 0.277 e. The molecule has 0 unspecified atom stereocenters. The van der Waals surface area contributed by atoms with Crippen molar-refractivity contribution < 1.29 is 19.1 Å². The summed E-state index contributed by atoms with van der Waals surface area (Å²) >= 11 is 0. The second-order valence-electron chi connectivity index (χ2n) is 7.55. The van der Waals surface area contributed by atoms with E-state index in [2.05, 4.69) is 23.8 Å². The number of methoxy groups -OCH3 is 2. The van der Waals surface area contributed by atoms with Crippen LogP contribution in [0.2, 0.25) is 0 Å². The molecule has 0 saturated carbocycles. The summed E-state index contributed by atoms with van der Waals surface area (Å²) in [4.78, 5) is 32.3. The lowest BCUT2D eigenvalue weighted by Gasteiger charge is -2.34. The molecular weight excluding hydrogens is 370 g/mol. The number of ether oxygens (including phenoxy) is 2. The fourth-order valence-electron chi connectivity index (χ4n) is 3.86. The largest absolute Gasteiger partial charge is 0.493 e. The Morgan fingerprint density at radius 1 is 0.931 bits per heavy atom. The molecule has 7 nitrogen and oxygen atoms in total. The molecular formula is C22H31N3O4. The fraction of sp³-hybridized carbons (Fsp3) is 0.545. The number of amides is 2. The van der Waals surface area contributed by atoms with Gasteiger partial charge in [-0.05, 0) is 31.2 Å². The molecule has 2 amide bonds. The number of hydrogen-bond donors (Lipinski definition) is 0. The Balaban J connectivity index is 2.01. The van der Waals surface area contributed by atoms with Crippen molar-refractivity contribution in [3.63, 3.8) is 0 Å². The Morgan fingerprint density at radius 3 is 2.24 bits per heavy atom. The van der Waals surface area contributed by atoms with E-state index in [1.165, 1.54) is 4.90 Å². The molecule has 1 aromatic carbocycles. The third kappa shape index (κ3) is 4.24. The summed E-state index contributed by atoms with van der Waals surface area (Å²) < 4.78 is 10.7. The van der Waals surface area contributed by atoms with Gasteiger partial charge in [-0.2, -0.15) is 0 Å². The summed E-state index contributed by atoms with van der Waals surface area (Å²) in [6.07, 6.45) is 2.85. The van der Waals surface area contributed by atoms with Gasteiger partial charge in [0.2, 0.25) is 0 Å². The lowest BCUT2D eigenvalue weighted by molar-refractivity contribution is -0.137. The van der Waals surface area contributed by atoms with Gasteiger partial charge < -0.3 is 19.3 Å². The maximum absolute atomic E-state index is 13.3. The Hall–Kier alpha value is -2.54. The third-order valence-corrected chi connectivity index (χ3v) is 5.62. The predicted octanol–water partition coefficient (Wildman–Crippen LogP) is 2.22. The number of rotatable bonds is 8. The highest BCUT2D eigenvalue weighted by molar-refractivity contribution is 6.35. The van der Waals surface area contributed by atoms with E-state index in [1.54, 1.807) is 26.4 Å². The zero-order valence-electron chi connectivity index (χ0n) is 17.9. The Morgan fingerprint density at radius 2 is 1.62 bits per heavy atom. The Kier molecular flexibility index (Phi) is 6.79. The molecule has 1 saturated heterocycles. The molecule has 2 aliphatic rings. The molecule has 0 radical (unpaired) electrons. The van der Waals surface area contributed by atoms with E-state index >= 15 is 0 Å². The quantitative estimate of drug-likeness (QED) is 0.492. The van der Waals surface area contributed by atoms with Gasteiger partial charge in [0.05, 0.1) is 19.8 Å². The van der Waals surface area contributed by atoms with Gasteiger partial charge in [0, 0.05) is 32.7 Å². The van der Waals surface area contributed by atoms with E-state index in [9.17, 15) is 9.59 Å². The van der Waals surface area contributed by atoms with Gasteiger partial charge >= 0.3 is 0 Å². The molecule has 1 fully saturated rings. The van der Waals surface area contributed by atoms with Crippen molar-refractivity contribution in [1.29, 1.82) is 0 Å². The monoisotopic (exact) mass is 401 g/mol. The second-order valence-corrected chi connectivity index (χ2v) is 7.55. The first-order chi connectivity index (χ1) is 14.0. The summed E-state index contributed by atoms with van der Waals surface area (Å²) in [5.41, 5.74) is 1.68. The number of benzene rings is 1. The normalized spacial score (nSPS) is 18.1. The first-order valence-corrected chi connectivity index (χ1v) is 10.3. The van der Waals surface area contributed by atoms with Crippen LogP contribution in [0.3, 0.4) is 0 Å². The zero-order valence-corrected chi connectivity index (χ0v) is 17.9. The van der Waals surface area contributed by atoms with Gasteiger partial charge in [-0.25, -0.2) is 0 Å². The molecule has 3 rings (SSSR count). The van der Waals surface area contributed by atoms with E-state index in [-0.39, 0.29) is 11.8 Å². The van der Waals surface area contributed by atoms with Crippen molar-refractivity contribution in [1.82, 2.24) is 14.7 Å². The van der Waals surface area contributed by atoms with Gasteiger partial charge in [-0.1, -0.05) is 25.8 Å². The molecule has 0 bridgehead atoms. The van der Waals surface area contributed by atoms with Crippen LogP contribution in [0.4, 0.5) is 0 Å². The molecule has 7 heteroatoms. The number of piperazine rings is 1. The highest BCUT2D eigenvalue weighted by Crippen LogP contribution is 2.36. The maximum atomic E-state index is 13.3. The predicted molar refractivity (Wildman–Crippen MR) is 112 cm³/mol. The van der Waals surface area contributed by atoms with Crippen LogP contribution in [0.1, 0.15) is 31.7 Å². The van der Waals surface area contributed by atoms with Gasteiger partial charge in [0.1, 0.15) is 5.70 Å². The smallest absolute Gasteiger partial charge is 0.277 e. The van der Waals surface area contributed by atoms with Gasteiger partial charge in [0.25, 0.3) is 11.8 Å². The number of hydrogen-bond acceptors (Lipinski definition) is 6. The van der Waals surface area contributed by atoms with Crippen LogP contribution in [0.5, 0.6) is 11.5 Å². The van der Waals surface area contributed by atoms with Crippen LogP contribution in [-0.4, -0.2) is 80.5 Å². The SMILES string of the molecule is CCCCCN1C(=O)C(c2ccc(OC)c(OC)c2)=C(N2CCN(C)CC2)C1=O. The first kappa shape index (κ1) is 21.2. The van der Waals surface area contributed by atoms with Gasteiger partial charge in [0.15, 0.2) is 11.5 Å². The van der Waals surface area contributed by atoms with Crippen LogP contribution < -0.4 is 9.47 Å². The van der Waals surface area contributed by atoms with Crippen LogP contribution in [-0.2, 0) is 9.59 Å². The standard InChI is InChI=1S/C22H31N3O4/c1-5-6-7-10-25-21(26)19(16-8-9-17(28-3)18(15-16)29-4)20(22(25)27)24-13-11-23(2)12-14-24/h8-9,15H,5-7,10-14H2,1-4H3.